The molecule has 30 heavy (non-hydrogen) atoms. The maximum atomic E-state index is 5.91. The lowest BCUT2D eigenvalue weighted by molar-refractivity contribution is 0.851. The molecule has 9 heteroatoms. The first-order chi connectivity index (χ1) is 14.1. The molecule has 0 saturated heterocycles. The standard InChI is InChI=1S/C21H13Cl6N3/c1-2-13-3-5-14(6-4-13)7-8-15-9-11-16(12-10-15)17-28-18(20(22,23)24)30-19(29-17)21(25,26)27/h3-6,9-12H,2H2,1H3. The van der Waals surface area contributed by atoms with Crippen LogP contribution in [0.3, 0.4) is 0 Å². The van der Waals surface area contributed by atoms with E-state index in [0.717, 1.165) is 17.5 Å². The summed E-state index contributed by atoms with van der Waals surface area (Å²) in [4.78, 5) is 12.4. The van der Waals surface area contributed by atoms with Crippen molar-refractivity contribution in [3.8, 4) is 23.2 Å². The Morgan fingerprint density at radius 1 is 0.667 bits per heavy atom. The lowest BCUT2D eigenvalue weighted by atomic mass is 10.1. The van der Waals surface area contributed by atoms with Crippen LogP contribution in [0, 0.1) is 11.8 Å². The van der Waals surface area contributed by atoms with Crippen molar-refractivity contribution in [2.75, 3.05) is 0 Å². The smallest absolute Gasteiger partial charge is 0.209 e. The summed E-state index contributed by atoms with van der Waals surface area (Å²) >= 11 is 35.5. The number of hydrogen-bond acceptors (Lipinski definition) is 3. The zero-order valence-electron chi connectivity index (χ0n) is 15.4. The molecule has 154 valence electrons. The van der Waals surface area contributed by atoms with Gasteiger partial charge in [0.15, 0.2) is 17.5 Å². The fourth-order valence-electron chi connectivity index (χ4n) is 2.43. The minimum Gasteiger partial charge on any atom is -0.209 e. The Bertz CT molecular complexity index is 1060. The first-order valence-corrected chi connectivity index (χ1v) is 10.9. The minimum atomic E-state index is -1.90. The van der Waals surface area contributed by atoms with Crippen LogP contribution in [0.15, 0.2) is 48.5 Å². The van der Waals surface area contributed by atoms with E-state index in [1.807, 2.05) is 24.3 Å². The minimum absolute atomic E-state index is 0.141. The summed E-state index contributed by atoms with van der Waals surface area (Å²) in [5, 5.41) is 0. The van der Waals surface area contributed by atoms with E-state index in [-0.39, 0.29) is 17.5 Å². The van der Waals surface area contributed by atoms with Gasteiger partial charge in [-0.2, -0.15) is 0 Å². The Morgan fingerprint density at radius 2 is 1.10 bits per heavy atom. The Hall–Kier alpha value is -1.25. The Balaban J connectivity index is 1.91. The summed E-state index contributed by atoms with van der Waals surface area (Å²) in [7, 11) is 0. The van der Waals surface area contributed by atoms with Gasteiger partial charge in [-0.25, -0.2) is 15.0 Å². The third-order valence-electron chi connectivity index (χ3n) is 4.00. The zero-order valence-corrected chi connectivity index (χ0v) is 20.0. The molecule has 0 aliphatic rings. The third-order valence-corrected chi connectivity index (χ3v) is 5.01. The third kappa shape index (κ3) is 6.14. The van der Waals surface area contributed by atoms with Crippen molar-refractivity contribution in [3.05, 3.63) is 76.9 Å². The summed E-state index contributed by atoms with van der Waals surface area (Å²) < 4.78 is -3.80. The number of halogens is 6. The summed E-state index contributed by atoms with van der Waals surface area (Å²) in [6, 6.07) is 15.4. The molecule has 0 bridgehead atoms. The predicted molar refractivity (Wildman–Crippen MR) is 126 cm³/mol. The van der Waals surface area contributed by atoms with Crippen LogP contribution >= 0.6 is 69.6 Å². The second-order valence-corrected chi connectivity index (χ2v) is 10.7. The number of aryl methyl sites for hydroxylation is 1. The van der Waals surface area contributed by atoms with E-state index < -0.39 is 7.59 Å². The van der Waals surface area contributed by atoms with Crippen LogP contribution in [-0.2, 0) is 14.0 Å². The zero-order chi connectivity index (χ0) is 21.9. The van der Waals surface area contributed by atoms with E-state index in [1.165, 1.54) is 5.56 Å². The fourth-order valence-corrected chi connectivity index (χ4v) is 2.94. The number of benzene rings is 2. The summed E-state index contributed by atoms with van der Waals surface area (Å²) in [5.41, 5.74) is 3.65. The van der Waals surface area contributed by atoms with Gasteiger partial charge in [-0.05, 0) is 48.4 Å². The van der Waals surface area contributed by atoms with Gasteiger partial charge < -0.3 is 0 Å². The lowest BCUT2D eigenvalue weighted by Gasteiger charge is -2.15. The van der Waals surface area contributed by atoms with E-state index in [4.69, 9.17) is 69.6 Å². The summed E-state index contributed by atoms with van der Waals surface area (Å²) in [5.74, 6) is 6.18. The van der Waals surface area contributed by atoms with Crippen LogP contribution < -0.4 is 0 Å². The highest BCUT2D eigenvalue weighted by Crippen LogP contribution is 2.40. The average Bonchev–Trinajstić information content (AvgIpc) is 2.71. The SMILES string of the molecule is CCc1ccc(C#Cc2ccc(-c3nc(C(Cl)(Cl)Cl)nc(C(Cl)(Cl)Cl)n3)cc2)cc1. The fraction of sp³-hybridized carbons (Fsp3) is 0.190. The lowest BCUT2D eigenvalue weighted by Crippen LogP contribution is -2.16. The van der Waals surface area contributed by atoms with Gasteiger partial charge in [0.25, 0.3) is 0 Å². The summed E-state index contributed by atoms with van der Waals surface area (Å²) in [6.45, 7) is 2.11. The van der Waals surface area contributed by atoms with Gasteiger partial charge in [-0.3, -0.25) is 0 Å². The predicted octanol–water partition coefficient (Wildman–Crippen LogP) is 7.15. The molecule has 0 N–H and O–H groups in total. The first-order valence-electron chi connectivity index (χ1n) is 8.68. The normalized spacial score (nSPS) is 11.7. The van der Waals surface area contributed by atoms with Gasteiger partial charge in [0.2, 0.25) is 7.59 Å². The van der Waals surface area contributed by atoms with Crippen LogP contribution in [0.2, 0.25) is 0 Å². The van der Waals surface area contributed by atoms with Crippen molar-refractivity contribution < 1.29 is 0 Å². The molecule has 3 aromatic rings. The molecule has 0 aliphatic heterocycles. The van der Waals surface area contributed by atoms with Crippen molar-refractivity contribution in [1.82, 2.24) is 15.0 Å². The maximum Gasteiger partial charge on any atom is 0.250 e. The second kappa shape index (κ2) is 9.49. The molecule has 0 aliphatic carbocycles. The van der Waals surface area contributed by atoms with E-state index in [2.05, 4.69) is 45.8 Å². The number of aromatic nitrogens is 3. The Kier molecular flexibility index (Phi) is 7.40. The molecular weight excluding hydrogens is 507 g/mol. The monoisotopic (exact) mass is 517 g/mol. The molecule has 0 amide bonds. The van der Waals surface area contributed by atoms with Crippen molar-refractivity contribution in [1.29, 1.82) is 0 Å². The number of nitrogens with zero attached hydrogens (tertiary/aromatic N) is 3. The van der Waals surface area contributed by atoms with Gasteiger partial charge in [0.05, 0.1) is 0 Å². The van der Waals surface area contributed by atoms with E-state index >= 15 is 0 Å². The summed E-state index contributed by atoms with van der Waals surface area (Å²) in [6.07, 6.45) is 0.992. The largest absolute Gasteiger partial charge is 0.250 e. The number of hydrogen-bond donors (Lipinski definition) is 0. The number of alkyl halides is 6. The molecule has 0 saturated carbocycles. The van der Waals surface area contributed by atoms with Crippen LogP contribution in [0.5, 0.6) is 0 Å². The highest BCUT2D eigenvalue weighted by Gasteiger charge is 2.33. The average molecular weight is 520 g/mol. The molecule has 0 spiro atoms. The molecule has 3 nitrogen and oxygen atoms in total. The molecule has 3 rings (SSSR count). The van der Waals surface area contributed by atoms with Crippen molar-refractivity contribution in [2.45, 2.75) is 20.9 Å². The van der Waals surface area contributed by atoms with Gasteiger partial charge in [-0.1, -0.05) is 101 Å². The van der Waals surface area contributed by atoms with E-state index in [0.29, 0.717) is 5.56 Å². The molecule has 2 aromatic carbocycles. The molecule has 0 fully saturated rings. The van der Waals surface area contributed by atoms with Gasteiger partial charge >= 0.3 is 0 Å². The van der Waals surface area contributed by atoms with E-state index in [1.54, 1.807) is 12.1 Å². The van der Waals surface area contributed by atoms with Crippen molar-refractivity contribution in [2.24, 2.45) is 0 Å². The molecule has 1 heterocycles. The van der Waals surface area contributed by atoms with Crippen LogP contribution in [0.25, 0.3) is 11.4 Å². The molecule has 0 radical (unpaired) electrons. The number of rotatable bonds is 2. The van der Waals surface area contributed by atoms with Crippen LogP contribution in [0.4, 0.5) is 0 Å². The van der Waals surface area contributed by atoms with Crippen molar-refractivity contribution >= 4 is 69.6 Å². The van der Waals surface area contributed by atoms with Gasteiger partial charge in [0, 0.05) is 16.7 Å². The second-order valence-electron chi connectivity index (χ2n) is 6.18. The Morgan fingerprint density at radius 3 is 1.50 bits per heavy atom. The van der Waals surface area contributed by atoms with Gasteiger partial charge in [-0.15, -0.1) is 0 Å². The molecule has 0 unspecified atom stereocenters. The highest BCUT2D eigenvalue weighted by atomic mass is 35.6. The molecule has 0 atom stereocenters. The molecule has 1 aromatic heterocycles. The van der Waals surface area contributed by atoms with E-state index in [9.17, 15) is 0 Å². The Labute approximate surface area is 204 Å². The topological polar surface area (TPSA) is 38.7 Å². The first kappa shape index (κ1) is 23.4. The van der Waals surface area contributed by atoms with Crippen LogP contribution in [-0.4, -0.2) is 15.0 Å². The van der Waals surface area contributed by atoms with Gasteiger partial charge in [0.1, 0.15) is 0 Å². The highest BCUT2D eigenvalue weighted by molar-refractivity contribution is 6.67. The van der Waals surface area contributed by atoms with Crippen molar-refractivity contribution in [3.63, 3.8) is 0 Å². The molecular formula is C21H13Cl6N3. The van der Waals surface area contributed by atoms with Crippen LogP contribution in [0.1, 0.15) is 35.3 Å². The maximum absolute atomic E-state index is 5.91. The quantitative estimate of drug-likeness (QED) is 0.266.